The number of carbonyl (C=O) groups is 1. The number of pyridine rings is 1. The van der Waals surface area contributed by atoms with E-state index in [0.717, 1.165) is 24.0 Å². The smallest absolute Gasteiger partial charge is 0.260 e. The standard InChI is InChI=1S/C26H30FN3O3/c1-18(2)28-10-12-29(13-11-28)26(32)17-33-21-8-9-22-19(3)14-25(31)30(24(22)15-21)16-20-6-4-5-7-23(20)27/h4-9,14-15,18H,10-13,16-17H2,1-3H3. The SMILES string of the molecule is Cc1cc(=O)n(Cc2ccccc2F)c2cc(OCC(=O)N3CCN(C(C)C)CC3)ccc12. The van der Waals surface area contributed by atoms with Gasteiger partial charge >= 0.3 is 0 Å². The Morgan fingerprint density at radius 1 is 1.06 bits per heavy atom. The van der Waals surface area contributed by atoms with Crippen molar-refractivity contribution in [3.63, 3.8) is 0 Å². The molecule has 3 aromatic rings. The van der Waals surface area contributed by atoms with Gasteiger partial charge in [0, 0.05) is 55.3 Å². The Morgan fingerprint density at radius 3 is 2.48 bits per heavy atom. The molecular formula is C26H30FN3O3. The summed E-state index contributed by atoms with van der Waals surface area (Å²) in [5, 5.41) is 0.884. The molecule has 33 heavy (non-hydrogen) atoms. The minimum atomic E-state index is -0.353. The molecule has 174 valence electrons. The predicted octanol–water partition coefficient (Wildman–Crippen LogP) is 3.43. The minimum absolute atomic E-state index is 0.0495. The molecule has 1 aliphatic heterocycles. The van der Waals surface area contributed by atoms with Crippen molar-refractivity contribution < 1.29 is 13.9 Å². The predicted molar refractivity (Wildman–Crippen MR) is 127 cm³/mol. The fraction of sp³-hybridized carbons (Fsp3) is 0.385. The molecule has 0 unspecified atom stereocenters. The molecule has 7 heteroatoms. The molecule has 0 atom stereocenters. The van der Waals surface area contributed by atoms with Crippen LogP contribution < -0.4 is 10.3 Å². The molecule has 1 amide bonds. The van der Waals surface area contributed by atoms with Crippen LogP contribution >= 0.6 is 0 Å². The molecule has 0 radical (unpaired) electrons. The normalized spacial score (nSPS) is 14.8. The molecule has 1 fully saturated rings. The van der Waals surface area contributed by atoms with Crippen LogP contribution in [0.25, 0.3) is 10.9 Å². The average molecular weight is 452 g/mol. The lowest BCUT2D eigenvalue weighted by molar-refractivity contribution is -0.135. The molecule has 6 nitrogen and oxygen atoms in total. The molecular weight excluding hydrogens is 421 g/mol. The van der Waals surface area contributed by atoms with Crippen molar-refractivity contribution in [2.24, 2.45) is 0 Å². The van der Waals surface area contributed by atoms with Gasteiger partial charge in [0.25, 0.3) is 11.5 Å². The summed E-state index contributed by atoms with van der Waals surface area (Å²) in [6.07, 6.45) is 0. The number of benzene rings is 2. The van der Waals surface area contributed by atoms with Crippen LogP contribution in [0, 0.1) is 12.7 Å². The molecule has 4 rings (SSSR count). The molecule has 0 saturated carbocycles. The van der Waals surface area contributed by atoms with Crippen molar-refractivity contribution >= 4 is 16.8 Å². The van der Waals surface area contributed by atoms with Gasteiger partial charge in [0.1, 0.15) is 11.6 Å². The van der Waals surface area contributed by atoms with Gasteiger partial charge in [-0.25, -0.2) is 4.39 Å². The van der Waals surface area contributed by atoms with Gasteiger partial charge in [0.2, 0.25) is 0 Å². The number of fused-ring (bicyclic) bond motifs is 1. The lowest BCUT2D eigenvalue weighted by Crippen LogP contribution is -2.51. The lowest BCUT2D eigenvalue weighted by atomic mass is 10.1. The highest BCUT2D eigenvalue weighted by Crippen LogP contribution is 2.24. The van der Waals surface area contributed by atoms with Crippen LogP contribution in [0.4, 0.5) is 4.39 Å². The van der Waals surface area contributed by atoms with Crippen molar-refractivity contribution in [2.45, 2.75) is 33.4 Å². The maximum absolute atomic E-state index is 14.2. The summed E-state index contributed by atoms with van der Waals surface area (Å²) < 4.78 is 21.6. The Bertz CT molecular complexity index is 1210. The topological polar surface area (TPSA) is 54.8 Å². The Kier molecular flexibility index (Phi) is 6.79. The molecule has 0 spiro atoms. The maximum atomic E-state index is 14.2. The second-order valence-corrected chi connectivity index (χ2v) is 8.82. The van der Waals surface area contributed by atoms with Crippen LogP contribution in [0.2, 0.25) is 0 Å². The van der Waals surface area contributed by atoms with Crippen LogP contribution in [0.5, 0.6) is 5.75 Å². The molecule has 0 aliphatic carbocycles. The zero-order valence-electron chi connectivity index (χ0n) is 19.4. The maximum Gasteiger partial charge on any atom is 0.260 e. The number of rotatable bonds is 6. The zero-order valence-corrected chi connectivity index (χ0v) is 19.4. The van der Waals surface area contributed by atoms with Gasteiger partial charge in [0.15, 0.2) is 6.61 Å². The second-order valence-electron chi connectivity index (χ2n) is 8.82. The van der Waals surface area contributed by atoms with Gasteiger partial charge in [0.05, 0.1) is 12.1 Å². The number of piperazine rings is 1. The molecule has 1 saturated heterocycles. The van der Waals surface area contributed by atoms with Crippen LogP contribution in [-0.4, -0.2) is 59.1 Å². The lowest BCUT2D eigenvalue weighted by Gasteiger charge is -2.36. The third-order valence-corrected chi connectivity index (χ3v) is 6.34. The number of carbonyl (C=O) groups excluding carboxylic acids is 1. The summed E-state index contributed by atoms with van der Waals surface area (Å²) >= 11 is 0. The largest absolute Gasteiger partial charge is 0.484 e. The summed E-state index contributed by atoms with van der Waals surface area (Å²) in [6.45, 7) is 9.36. The molecule has 0 bridgehead atoms. The third kappa shape index (κ3) is 5.09. The van der Waals surface area contributed by atoms with E-state index in [1.165, 1.54) is 6.07 Å². The highest BCUT2D eigenvalue weighted by atomic mass is 19.1. The number of ether oxygens (including phenoxy) is 1. The number of hydrogen-bond donors (Lipinski definition) is 0. The first kappa shape index (κ1) is 23.0. The van der Waals surface area contributed by atoms with E-state index >= 15 is 0 Å². The first-order valence-electron chi connectivity index (χ1n) is 11.4. The van der Waals surface area contributed by atoms with Crippen molar-refractivity contribution in [2.75, 3.05) is 32.8 Å². The molecule has 0 N–H and O–H groups in total. The Hall–Kier alpha value is -3.19. The number of nitrogens with zero attached hydrogens (tertiary/aromatic N) is 3. The zero-order chi connectivity index (χ0) is 23.5. The van der Waals surface area contributed by atoms with Crippen molar-refractivity contribution in [3.8, 4) is 5.75 Å². The second kappa shape index (κ2) is 9.75. The summed E-state index contributed by atoms with van der Waals surface area (Å²) in [6, 6.07) is 13.9. The van der Waals surface area contributed by atoms with E-state index in [2.05, 4.69) is 18.7 Å². The van der Waals surface area contributed by atoms with E-state index in [1.807, 2.05) is 17.9 Å². The van der Waals surface area contributed by atoms with Crippen molar-refractivity contribution in [1.82, 2.24) is 14.4 Å². The number of halogens is 1. The van der Waals surface area contributed by atoms with Crippen LogP contribution in [0.1, 0.15) is 25.0 Å². The fourth-order valence-electron chi connectivity index (χ4n) is 4.30. The third-order valence-electron chi connectivity index (χ3n) is 6.34. The van der Waals surface area contributed by atoms with E-state index in [-0.39, 0.29) is 30.4 Å². The number of aryl methyl sites for hydroxylation is 1. The van der Waals surface area contributed by atoms with Crippen LogP contribution in [-0.2, 0) is 11.3 Å². The van der Waals surface area contributed by atoms with Gasteiger partial charge in [-0.1, -0.05) is 18.2 Å². The molecule has 2 heterocycles. The van der Waals surface area contributed by atoms with E-state index in [4.69, 9.17) is 4.74 Å². The van der Waals surface area contributed by atoms with Gasteiger partial charge < -0.3 is 14.2 Å². The van der Waals surface area contributed by atoms with Crippen LogP contribution in [0.3, 0.4) is 0 Å². The summed E-state index contributed by atoms with van der Waals surface area (Å²) in [4.78, 5) is 29.6. The molecule has 1 aromatic heterocycles. The number of aromatic nitrogens is 1. The summed E-state index contributed by atoms with van der Waals surface area (Å²) in [5.41, 5.74) is 1.72. The quantitative estimate of drug-likeness (QED) is 0.576. The highest BCUT2D eigenvalue weighted by Gasteiger charge is 2.22. The summed E-state index contributed by atoms with van der Waals surface area (Å²) in [5.74, 6) is 0.101. The van der Waals surface area contributed by atoms with Gasteiger partial charge in [-0.15, -0.1) is 0 Å². The monoisotopic (exact) mass is 451 g/mol. The fourth-order valence-corrected chi connectivity index (χ4v) is 4.30. The minimum Gasteiger partial charge on any atom is -0.484 e. The van der Waals surface area contributed by atoms with E-state index < -0.39 is 0 Å². The Balaban J connectivity index is 1.53. The first-order chi connectivity index (χ1) is 15.8. The van der Waals surface area contributed by atoms with Crippen molar-refractivity contribution in [1.29, 1.82) is 0 Å². The summed E-state index contributed by atoms with van der Waals surface area (Å²) in [7, 11) is 0. The Morgan fingerprint density at radius 2 is 1.79 bits per heavy atom. The Labute approximate surface area is 193 Å². The van der Waals surface area contributed by atoms with E-state index in [9.17, 15) is 14.0 Å². The molecule has 2 aromatic carbocycles. The van der Waals surface area contributed by atoms with E-state index in [0.29, 0.717) is 36.0 Å². The van der Waals surface area contributed by atoms with Gasteiger partial charge in [-0.2, -0.15) is 0 Å². The van der Waals surface area contributed by atoms with E-state index in [1.54, 1.807) is 41.0 Å². The highest BCUT2D eigenvalue weighted by molar-refractivity contribution is 5.84. The van der Waals surface area contributed by atoms with Gasteiger partial charge in [-0.05, 0) is 44.5 Å². The number of hydrogen-bond acceptors (Lipinski definition) is 4. The van der Waals surface area contributed by atoms with Gasteiger partial charge in [-0.3, -0.25) is 14.5 Å². The first-order valence-corrected chi connectivity index (χ1v) is 11.4. The average Bonchev–Trinajstić information content (AvgIpc) is 2.81. The number of amides is 1. The van der Waals surface area contributed by atoms with Crippen molar-refractivity contribution in [3.05, 3.63) is 75.8 Å². The van der Waals surface area contributed by atoms with Crippen LogP contribution in [0.15, 0.2) is 53.3 Å². The molecule has 1 aliphatic rings.